The van der Waals surface area contributed by atoms with Crippen LogP contribution < -0.4 is 15.7 Å². The Balaban J connectivity index is 2.81. The van der Waals surface area contributed by atoms with Gasteiger partial charge >= 0.3 is 0 Å². The maximum Gasteiger partial charge on any atom is 0.0709 e. The highest BCUT2D eigenvalue weighted by Gasteiger charge is 1.94. The van der Waals surface area contributed by atoms with Gasteiger partial charge in [0.05, 0.1) is 5.36 Å². The van der Waals surface area contributed by atoms with Gasteiger partial charge in [-0.05, 0) is 12.1 Å². The zero-order valence-electron chi connectivity index (χ0n) is 5.82. The molecule has 0 spiro atoms. The molecule has 1 aromatic rings. The summed E-state index contributed by atoms with van der Waals surface area (Å²) in [4.78, 5) is 4.06. The van der Waals surface area contributed by atoms with Gasteiger partial charge < -0.3 is 5.11 Å². The number of hydrogen-bond acceptors (Lipinski definition) is 2. The first kappa shape index (κ1) is 6.16. The highest BCUT2D eigenvalue weighted by atomic mass is 16.2. The number of allylic oxidation sites excluding steroid dienone is 1. The van der Waals surface area contributed by atoms with E-state index in [1.165, 1.54) is 0 Å². The molecule has 0 N–H and O–H groups in total. The van der Waals surface area contributed by atoms with Crippen LogP contribution in [-0.2, 0) is 0 Å². The van der Waals surface area contributed by atoms with Crippen molar-refractivity contribution in [1.82, 2.24) is 0 Å². The van der Waals surface area contributed by atoms with Crippen molar-refractivity contribution in [3.8, 4) is 0 Å². The maximum atomic E-state index is 10.3. The summed E-state index contributed by atoms with van der Waals surface area (Å²) in [6, 6.07) is 7.67. The van der Waals surface area contributed by atoms with Crippen molar-refractivity contribution in [2.24, 2.45) is 4.99 Å². The third kappa shape index (κ3) is 0.923. The fourth-order valence-corrected chi connectivity index (χ4v) is 1.10. The lowest BCUT2D eigenvalue weighted by atomic mass is 10.3. The van der Waals surface area contributed by atoms with Crippen LogP contribution in [0.3, 0.4) is 0 Å². The summed E-state index contributed by atoms with van der Waals surface area (Å²) in [5.41, 5.74) is 0.506. The Morgan fingerprint density at radius 2 is 2.09 bits per heavy atom. The maximum absolute atomic E-state index is 10.3. The molecule has 2 nitrogen and oxygen atoms in total. The molecule has 0 bridgehead atoms. The standard InChI is InChI=1S/C9H7NO/c11-6-8-5-7-3-1-2-4-9(7)10-8/h1-6,11H/p-1/b8-6-. The van der Waals surface area contributed by atoms with Gasteiger partial charge in [0.25, 0.3) is 0 Å². The average Bonchev–Trinajstić information content (AvgIpc) is 2.46. The molecule has 2 heteroatoms. The normalized spacial score (nSPS) is 17.3. The Hall–Kier alpha value is -1.57. The number of hydrogen-bond donors (Lipinski definition) is 0. The van der Waals surface area contributed by atoms with Gasteiger partial charge in [-0.1, -0.05) is 18.2 Å². The highest BCUT2D eigenvalue weighted by molar-refractivity contribution is 5.47. The molecular weight excluding hydrogens is 138 g/mol. The Morgan fingerprint density at radius 3 is 2.82 bits per heavy atom. The lowest BCUT2D eigenvalue weighted by Crippen LogP contribution is -2.19. The highest BCUT2D eigenvalue weighted by Crippen LogP contribution is 1.96. The molecule has 0 aromatic heterocycles. The van der Waals surface area contributed by atoms with Gasteiger partial charge in [-0.3, -0.25) is 0 Å². The van der Waals surface area contributed by atoms with Crippen molar-refractivity contribution in [2.75, 3.05) is 0 Å². The Kier molecular flexibility index (Phi) is 1.25. The van der Waals surface area contributed by atoms with E-state index < -0.39 is 0 Å². The minimum absolute atomic E-state index is 0.506. The first-order valence-electron chi connectivity index (χ1n) is 3.38. The van der Waals surface area contributed by atoms with E-state index in [1.807, 2.05) is 24.3 Å². The van der Waals surface area contributed by atoms with E-state index >= 15 is 0 Å². The molecule has 2 rings (SSSR count). The summed E-state index contributed by atoms with van der Waals surface area (Å²) >= 11 is 0. The number of fused-ring (bicyclic) bond motifs is 1. The number of nitrogens with zero attached hydrogens (tertiary/aromatic N) is 1. The van der Waals surface area contributed by atoms with Crippen LogP contribution in [0.1, 0.15) is 0 Å². The van der Waals surface area contributed by atoms with Crippen molar-refractivity contribution < 1.29 is 5.11 Å². The molecule has 1 aliphatic heterocycles. The quantitative estimate of drug-likeness (QED) is 0.443. The lowest BCUT2D eigenvalue weighted by molar-refractivity contribution is -0.275. The molecule has 0 unspecified atom stereocenters. The van der Waals surface area contributed by atoms with Crippen LogP contribution in [0.2, 0.25) is 0 Å². The second-order valence-corrected chi connectivity index (χ2v) is 2.36. The van der Waals surface area contributed by atoms with E-state index in [9.17, 15) is 5.11 Å². The van der Waals surface area contributed by atoms with E-state index in [4.69, 9.17) is 0 Å². The number of benzene rings is 1. The van der Waals surface area contributed by atoms with Crippen LogP contribution >= 0.6 is 0 Å². The van der Waals surface area contributed by atoms with Gasteiger partial charge in [-0.15, -0.1) is 6.26 Å². The van der Waals surface area contributed by atoms with Crippen LogP contribution in [0, 0.1) is 0 Å². The fraction of sp³-hybridized carbons (Fsp3) is 0. The molecule has 0 fully saturated rings. The topological polar surface area (TPSA) is 35.4 Å². The molecular formula is C9H6NO-. The van der Waals surface area contributed by atoms with Crippen molar-refractivity contribution in [2.45, 2.75) is 0 Å². The third-order valence-electron chi connectivity index (χ3n) is 1.61. The Morgan fingerprint density at radius 1 is 1.27 bits per heavy atom. The molecule has 0 saturated carbocycles. The van der Waals surface area contributed by atoms with Gasteiger partial charge in [0.15, 0.2) is 0 Å². The van der Waals surface area contributed by atoms with Gasteiger partial charge in [0, 0.05) is 10.9 Å². The minimum atomic E-state index is 0.506. The Labute approximate surface area is 63.8 Å². The van der Waals surface area contributed by atoms with Gasteiger partial charge in [-0.25, -0.2) is 4.99 Å². The van der Waals surface area contributed by atoms with Crippen molar-refractivity contribution in [1.29, 1.82) is 0 Å². The molecule has 54 valence electrons. The third-order valence-corrected chi connectivity index (χ3v) is 1.61. The van der Waals surface area contributed by atoms with Gasteiger partial charge in [-0.2, -0.15) is 0 Å². The largest absolute Gasteiger partial charge is 0.876 e. The smallest absolute Gasteiger partial charge is 0.0709 e. The zero-order valence-corrected chi connectivity index (χ0v) is 5.82. The van der Waals surface area contributed by atoms with E-state index in [2.05, 4.69) is 4.99 Å². The number of rotatable bonds is 0. The summed E-state index contributed by atoms with van der Waals surface area (Å²) in [7, 11) is 0. The molecule has 0 atom stereocenters. The molecule has 0 radical (unpaired) electrons. The zero-order chi connectivity index (χ0) is 7.68. The second-order valence-electron chi connectivity index (χ2n) is 2.36. The summed E-state index contributed by atoms with van der Waals surface area (Å²) in [5, 5.41) is 12.2. The van der Waals surface area contributed by atoms with Crippen LogP contribution in [0.5, 0.6) is 0 Å². The van der Waals surface area contributed by atoms with E-state index in [-0.39, 0.29) is 0 Å². The van der Waals surface area contributed by atoms with Crippen LogP contribution in [0.15, 0.2) is 41.2 Å². The fourth-order valence-electron chi connectivity index (χ4n) is 1.10. The minimum Gasteiger partial charge on any atom is -0.876 e. The summed E-state index contributed by atoms with van der Waals surface area (Å²) < 4.78 is 0. The van der Waals surface area contributed by atoms with Crippen molar-refractivity contribution in [3.63, 3.8) is 0 Å². The van der Waals surface area contributed by atoms with E-state index in [1.54, 1.807) is 6.08 Å². The van der Waals surface area contributed by atoms with Gasteiger partial charge in [0.1, 0.15) is 0 Å². The molecule has 1 heterocycles. The molecule has 0 saturated heterocycles. The van der Waals surface area contributed by atoms with Crippen LogP contribution in [0.4, 0.5) is 0 Å². The second kappa shape index (κ2) is 2.23. The predicted molar refractivity (Wildman–Crippen MR) is 39.8 cm³/mol. The molecule has 0 aliphatic carbocycles. The first-order chi connectivity index (χ1) is 5.40. The van der Waals surface area contributed by atoms with Crippen LogP contribution in [0.25, 0.3) is 6.08 Å². The van der Waals surface area contributed by atoms with Crippen molar-refractivity contribution in [3.05, 3.63) is 46.8 Å². The van der Waals surface area contributed by atoms with E-state index in [0.29, 0.717) is 5.70 Å². The predicted octanol–water partition coefficient (Wildman–Crippen LogP) is -0.698. The van der Waals surface area contributed by atoms with Crippen molar-refractivity contribution >= 4 is 6.08 Å². The first-order valence-corrected chi connectivity index (χ1v) is 3.38. The molecule has 11 heavy (non-hydrogen) atoms. The Bertz CT molecular complexity index is 380. The summed E-state index contributed by atoms with van der Waals surface area (Å²) in [5.74, 6) is 0. The monoisotopic (exact) mass is 144 g/mol. The summed E-state index contributed by atoms with van der Waals surface area (Å²) in [6.45, 7) is 0. The van der Waals surface area contributed by atoms with Gasteiger partial charge in [0.2, 0.25) is 0 Å². The SMILES string of the molecule is [O-]/C=C1/C=c2ccccc2=N1. The number of para-hydroxylation sites is 1. The molecule has 1 aromatic carbocycles. The van der Waals surface area contributed by atoms with E-state index in [0.717, 1.165) is 16.8 Å². The summed E-state index contributed by atoms with van der Waals surface area (Å²) in [6.07, 6.45) is 2.54. The lowest BCUT2D eigenvalue weighted by Gasteiger charge is -1.89. The molecule has 0 amide bonds. The van der Waals surface area contributed by atoms with Crippen LogP contribution in [-0.4, -0.2) is 0 Å². The average molecular weight is 144 g/mol. The molecule has 1 aliphatic rings.